The summed E-state index contributed by atoms with van der Waals surface area (Å²) in [7, 11) is 0. The number of aryl methyl sites for hydroxylation is 1. The summed E-state index contributed by atoms with van der Waals surface area (Å²) < 4.78 is 2.00. The Morgan fingerprint density at radius 1 is 1.32 bits per heavy atom. The number of rotatable bonds is 4. The van der Waals surface area contributed by atoms with Gasteiger partial charge in [-0.15, -0.1) is 0 Å². The van der Waals surface area contributed by atoms with Gasteiger partial charge in [-0.3, -0.25) is 4.79 Å². The third-order valence-corrected chi connectivity index (χ3v) is 3.25. The molecule has 2 rings (SSSR count). The second-order valence-electron chi connectivity index (χ2n) is 4.54. The third kappa shape index (κ3) is 2.57. The molecule has 1 N–H and O–H groups in total. The Morgan fingerprint density at radius 3 is 2.63 bits per heavy atom. The Morgan fingerprint density at radius 2 is 2.05 bits per heavy atom. The van der Waals surface area contributed by atoms with Gasteiger partial charge in [0.1, 0.15) is 0 Å². The topological polar surface area (TPSA) is 59.3 Å². The summed E-state index contributed by atoms with van der Waals surface area (Å²) in [5, 5.41) is 8.97. The Bertz CT molecular complexity index is 641. The molecule has 1 heterocycles. The highest BCUT2D eigenvalue weighted by Crippen LogP contribution is 2.16. The number of nitrogens with zero attached hydrogens (tertiary/aromatic N) is 1. The predicted molar refractivity (Wildman–Crippen MR) is 71.8 cm³/mol. The summed E-state index contributed by atoms with van der Waals surface area (Å²) in [5.41, 5.74) is 3.73. The lowest BCUT2D eigenvalue weighted by atomic mass is 10.1. The van der Waals surface area contributed by atoms with Crippen LogP contribution in [0.1, 0.15) is 37.7 Å². The average Bonchev–Trinajstić information content (AvgIpc) is 2.66. The van der Waals surface area contributed by atoms with E-state index in [0.717, 1.165) is 23.2 Å². The van der Waals surface area contributed by atoms with Crippen molar-refractivity contribution in [3.8, 4) is 0 Å². The first-order valence-corrected chi connectivity index (χ1v) is 5.97. The van der Waals surface area contributed by atoms with Crippen molar-refractivity contribution in [3.05, 3.63) is 58.4 Å². The Hall–Kier alpha value is -2.36. The molecule has 0 aliphatic heterocycles. The number of carboxylic acid groups (broad SMARTS) is 1. The highest BCUT2D eigenvalue weighted by atomic mass is 16.4. The van der Waals surface area contributed by atoms with Crippen molar-refractivity contribution >= 4 is 12.3 Å². The standard InChI is InChI=1S/C15H15NO3/c1-10-6-14(9-17)11(2)16(10)8-12-4-3-5-13(7-12)15(18)19/h3-7,9H,8H2,1-2H3,(H,18,19). The van der Waals surface area contributed by atoms with Crippen LogP contribution in [0.3, 0.4) is 0 Å². The highest BCUT2D eigenvalue weighted by Gasteiger charge is 2.09. The minimum absolute atomic E-state index is 0.274. The van der Waals surface area contributed by atoms with Crippen molar-refractivity contribution in [2.45, 2.75) is 20.4 Å². The maximum atomic E-state index is 10.9. The number of benzene rings is 1. The van der Waals surface area contributed by atoms with Crippen molar-refractivity contribution in [2.75, 3.05) is 0 Å². The lowest BCUT2D eigenvalue weighted by Crippen LogP contribution is -2.05. The van der Waals surface area contributed by atoms with Crippen molar-refractivity contribution < 1.29 is 14.7 Å². The SMILES string of the molecule is Cc1cc(C=O)c(C)n1Cc1cccc(C(=O)O)c1. The smallest absolute Gasteiger partial charge is 0.335 e. The molecule has 0 aliphatic rings. The van der Waals surface area contributed by atoms with Crippen LogP contribution in [0.2, 0.25) is 0 Å². The third-order valence-electron chi connectivity index (χ3n) is 3.25. The molecule has 98 valence electrons. The number of aromatic carboxylic acids is 1. The molecule has 1 aromatic heterocycles. The first-order chi connectivity index (χ1) is 9.02. The summed E-state index contributed by atoms with van der Waals surface area (Å²) in [4.78, 5) is 21.8. The van der Waals surface area contributed by atoms with Gasteiger partial charge in [0.25, 0.3) is 0 Å². The summed E-state index contributed by atoms with van der Waals surface area (Å²) >= 11 is 0. The van der Waals surface area contributed by atoms with E-state index in [1.54, 1.807) is 18.2 Å². The minimum atomic E-state index is -0.934. The van der Waals surface area contributed by atoms with Gasteiger partial charge >= 0.3 is 5.97 Å². The van der Waals surface area contributed by atoms with Crippen LogP contribution < -0.4 is 0 Å². The summed E-state index contributed by atoms with van der Waals surface area (Å²) in [5.74, 6) is -0.934. The number of carbonyl (C=O) groups is 2. The van der Waals surface area contributed by atoms with Gasteiger partial charge in [0, 0.05) is 23.5 Å². The van der Waals surface area contributed by atoms with Gasteiger partial charge in [0.15, 0.2) is 6.29 Å². The Labute approximate surface area is 111 Å². The van der Waals surface area contributed by atoms with Crippen LogP contribution in [-0.4, -0.2) is 21.9 Å². The van der Waals surface area contributed by atoms with Crippen LogP contribution in [0.4, 0.5) is 0 Å². The molecule has 0 fully saturated rings. The number of hydrogen-bond acceptors (Lipinski definition) is 2. The predicted octanol–water partition coefficient (Wildman–Crippen LogP) is 2.66. The average molecular weight is 257 g/mol. The van der Waals surface area contributed by atoms with Gasteiger partial charge in [-0.2, -0.15) is 0 Å². The zero-order valence-corrected chi connectivity index (χ0v) is 10.9. The summed E-state index contributed by atoms with van der Waals surface area (Å²) in [6.45, 7) is 4.38. The summed E-state index contributed by atoms with van der Waals surface area (Å²) in [6.07, 6.45) is 0.840. The van der Waals surface area contributed by atoms with Gasteiger partial charge in [-0.1, -0.05) is 12.1 Å². The molecule has 0 spiro atoms. The van der Waals surface area contributed by atoms with Crippen molar-refractivity contribution in [1.29, 1.82) is 0 Å². The molecule has 0 unspecified atom stereocenters. The lowest BCUT2D eigenvalue weighted by Gasteiger charge is -2.10. The molecule has 19 heavy (non-hydrogen) atoms. The molecular weight excluding hydrogens is 242 g/mol. The van der Waals surface area contributed by atoms with Crippen LogP contribution in [0, 0.1) is 13.8 Å². The van der Waals surface area contributed by atoms with Crippen molar-refractivity contribution in [1.82, 2.24) is 4.57 Å². The number of carboxylic acids is 1. The molecule has 2 aromatic rings. The largest absolute Gasteiger partial charge is 0.478 e. The summed E-state index contributed by atoms with van der Waals surface area (Å²) in [6, 6.07) is 8.67. The van der Waals surface area contributed by atoms with Crippen molar-refractivity contribution in [3.63, 3.8) is 0 Å². The van der Waals surface area contributed by atoms with E-state index in [-0.39, 0.29) is 5.56 Å². The van der Waals surface area contributed by atoms with Gasteiger partial charge in [-0.25, -0.2) is 4.79 Å². The molecule has 0 atom stereocenters. The fourth-order valence-corrected chi connectivity index (χ4v) is 2.18. The molecule has 0 bridgehead atoms. The molecule has 4 heteroatoms. The Balaban J connectivity index is 2.36. The van der Waals surface area contributed by atoms with E-state index in [1.807, 2.05) is 30.5 Å². The molecule has 4 nitrogen and oxygen atoms in total. The normalized spacial score (nSPS) is 10.4. The lowest BCUT2D eigenvalue weighted by molar-refractivity contribution is 0.0696. The quantitative estimate of drug-likeness (QED) is 0.857. The maximum Gasteiger partial charge on any atom is 0.335 e. The number of carbonyl (C=O) groups excluding carboxylic acids is 1. The molecule has 0 saturated carbocycles. The van der Waals surface area contributed by atoms with E-state index in [9.17, 15) is 9.59 Å². The first kappa shape index (κ1) is 13.1. The number of aromatic nitrogens is 1. The molecule has 1 aromatic carbocycles. The zero-order valence-electron chi connectivity index (χ0n) is 10.9. The molecular formula is C15H15NO3. The second-order valence-corrected chi connectivity index (χ2v) is 4.54. The van der Waals surface area contributed by atoms with E-state index >= 15 is 0 Å². The van der Waals surface area contributed by atoms with Crippen LogP contribution in [0.25, 0.3) is 0 Å². The number of aldehydes is 1. The monoisotopic (exact) mass is 257 g/mol. The maximum absolute atomic E-state index is 10.9. The van der Waals surface area contributed by atoms with Gasteiger partial charge in [0.05, 0.1) is 5.56 Å². The van der Waals surface area contributed by atoms with Gasteiger partial charge in [-0.05, 0) is 37.6 Å². The van der Waals surface area contributed by atoms with E-state index in [1.165, 1.54) is 0 Å². The van der Waals surface area contributed by atoms with E-state index in [4.69, 9.17) is 5.11 Å². The van der Waals surface area contributed by atoms with Gasteiger partial charge < -0.3 is 9.67 Å². The highest BCUT2D eigenvalue weighted by molar-refractivity contribution is 5.87. The van der Waals surface area contributed by atoms with E-state index in [0.29, 0.717) is 12.1 Å². The minimum Gasteiger partial charge on any atom is -0.478 e. The molecule has 0 amide bonds. The van der Waals surface area contributed by atoms with Crippen LogP contribution >= 0.6 is 0 Å². The van der Waals surface area contributed by atoms with Crippen molar-refractivity contribution in [2.24, 2.45) is 0 Å². The van der Waals surface area contributed by atoms with Crippen LogP contribution in [0.15, 0.2) is 30.3 Å². The van der Waals surface area contributed by atoms with E-state index in [2.05, 4.69) is 0 Å². The van der Waals surface area contributed by atoms with E-state index < -0.39 is 5.97 Å². The van der Waals surface area contributed by atoms with Crippen LogP contribution in [-0.2, 0) is 6.54 Å². The zero-order chi connectivity index (χ0) is 14.0. The molecule has 0 radical (unpaired) electrons. The molecule has 0 saturated heterocycles. The molecule has 0 aliphatic carbocycles. The fourth-order valence-electron chi connectivity index (χ4n) is 2.18. The second kappa shape index (κ2) is 5.10. The first-order valence-electron chi connectivity index (χ1n) is 5.97. The fraction of sp³-hybridized carbons (Fsp3) is 0.200. The Kier molecular flexibility index (Phi) is 3.51. The number of hydrogen-bond donors (Lipinski definition) is 1. The van der Waals surface area contributed by atoms with Gasteiger partial charge in [0.2, 0.25) is 0 Å². The van der Waals surface area contributed by atoms with Crippen LogP contribution in [0.5, 0.6) is 0 Å².